The molecule has 31 heavy (non-hydrogen) atoms. The highest BCUT2D eigenvalue weighted by atomic mass is 16.5. The number of carbonyl (C=O) groups excluding carboxylic acids is 2. The van der Waals surface area contributed by atoms with Gasteiger partial charge in [0.1, 0.15) is 6.04 Å². The fraction of sp³-hybridized carbons (Fsp3) is 0.318. The van der Waals surface area contributed by atoms with E-state index < -0.39 is 18.0 Å². The van der Waals surface area contributed by atoms with Crippen LogP contribution in [0.25, 0.3) is 0 Å². The zero-order chi connectivity index (χ0) is 22.6. The lowest BCUT2D eigenvalue weighted by atomic mass is 10.1. The second-order valence-electron chi connectivity index (χ2n) is 6.30. The number of carbonyl (C=O) groups is 2. The summed E-state index contributed by atoms with van der Waals surface area (Å²) in [4.78, 5) is 24.5. The molecule has 0 unspecified atom stereocenters. The van der Waals surface area contributed by atoms with Crippen LogP contribution in [0.1, 0.15) is 18.1 Å². The lowest BCUT2D eigenvalue weighted by molar-refractivity contribution is -0.123. The van der Waals surface area contributed by atoms with Gasteiger partial charge < -0.3 is 24.3 Å². The molecular weight excluding hydrogens is 402 g/mol. The van der Waals surface area contributed by atoms with E-state index in [9.17, 15) is 9.59 Å². The summed E-state index contributed by atoms with van der Waals surface area (Å²) in [5.74, 6) is 0.884. The zero-order valence-electron chi connectivity index (χ0n) is 18.0. The Kier molecular flexibility index (Phi) is 9.15. The highest BCUT2D eigenvalue weighted by Gasteiger charge is 2.21. The summed E-state index contributed by atoms with van der Waals surface area (Å²) in [7, 11) is 4.53. The molecule has 0 aliphatic heterocycles. The van der Waals surface area contributed by atoms with Crippen LogP contribution in [0.4, 0.5) is 4.79 Å². The van der Waals surface area contributed by atoms with E-state index in [-0.39, 0.29) is 13.0 Å². The molecule has 2 aromatic rings. The predicted molar refractivity (Wildman–Crippen MR) is 116 cm³/mol. The third kappa shape index (κ3) is 6.91. The van der Waals surface area contributed by atoms with E-state index in [1.54, 1.807) is 19.1 Å². The van der Waals surface area contributed by atoms with Crippen molar-refractivity contribution in [2.75, 3.05) is 27.9 Å². The highest BCUT2D eigenvalue weighted by Crippen LogP contribution is 2.37. The number of amides is 2. The van der Waals surface area contributed by atoms with Gasteiger partial charge in [0.2, 0.25) is 5.75 Å². The first-order chi connectivity index (χ1) is 15.0. The fourth-order valence-electron chi connectivity index (χ4n) is 2.80. The maximum Gasteiger partial charge on any atom is 0.407 e. The average Bonchev–Trinajstić information content (AvgIpc) is 2.78. The van der Waals surface area contributed by atoms with Crippen molar-refractivity contribution in [2.24, 2.45) is 5.10 Å². The lowest BCUT2D eigenvalue weighted by Crippen LogP contribution is -2.47. The smallest absolute Gasteiger partial charge is 0.407 e. The summed E-state index contributed by atoms with van der Waals surface area (Å²) in [6, 6.07) is 11.8. The Morgan fingerprint density at radius 1 is 1.03 bits per heavy atom. The van der Waals surface area contributed by atoms with Crippen molar-refractivity contribution < 1.29 is 28.5 Å². The molecule has 0 saturated heterocycles. The summed E-state index contributed by atoms with van der Waals surface area (Å²) in [6.45, 7) is 1.89. The van der Waals surface area contributed by atoms with E-state index in [4.69, 9.17) is 18.9 Å². The van der Waals surface area contributed by atoms with E-state index in [0.717, 1.165) is 5.56 Å². The molecule has 2 amide bonds. The molecule has 0 aliphatic carbocycles. The first-order valence-corrected chi connectivity index (χ1v) is 9.62. The SMILES string of the molecule is CCOC(=O)N[C@@H](Cc1ccccc1)C(=O)N/N=C\c1cc(OC)c(OC)c(OC)c1. The molecule has 9 nitrogen and oxygen atoms in total. The van der Waals surface area contributed by atoms with E-state index in [1.165, 1.54) is 27.5 Å². The molecule has 1 atom stereocenters. The van der Waals surface area contributed by atoms with Crippen LogP contribution in [0.5, 0.6) is 17.2 Å². The van der Waals surface area contributed by atoms with Gasteiger partial charge in [-0.3, -0.25) is 4.79 Å². The summed E-state index contributed by atoms with van der Waals surface area (Å²) in [5, 5.41) is 6.56. The number of ether oxygens (including phenoxy) is 4. The van der Waals surface area contributed by atoms with Crippen LogP contribution in [0.3, 0.4) is 0 Å². The number of alkyl carbamates (subject to hydrolysis) is 1. The van der Waals surface area contributed by atoms with Gasteiger partial charge >= 0.3 is 6.09 Å². The van der Waals surface area contributed by atoms with Gasteiger partial charge in [0, 0.05) is 12.0 Å². The van der Waals surface area contributed by atoms with Crippen molar-refractivity contribution in [1.29, 1.82) is 0 Å². The van der Waals surface area contributed by atoms with Crippen LogP contribution >= 0.6 is 0 Å². The van der Waals surface area contributed by atoms with Crippen molar-refractivity contribution in [3.8, 4) is 17.2 Å². The highest BCUT2D eigenvalue weighted by molar-refractivity contribution is 5.88. The minimum atomic E-state index is -0.862. The maximum atomic E-state index is 12.7. The van der Waals surface area contributed by atoms with Crippen molar-refractivity contribution in [2.45, 2.75) is 19.4 Å². The zero-order valence-corrected chi connectivity index (χ0v) is 18.0. The number of hydrazone groups is 1. The first kappa shape index (κ1) is 23.5. The van der Waals surface area contributed by atoms with Crippen LogP contribution in [0.2, 0.25) is 0 Å². The van der Waals surface area contributed by atoms with Crippen LogP contribution in [-0.2, 0) is 16.0 Å². The molecular formula is C22H27N3O6. The van der Waals surface area contributed by atoms with E-state index in [0.29, 0.717) is 22.8 Å². The van der Waals surface area contributed by atoms with Crippen LogP contribution < -0.4 is 25.0 Å². The van der Waals surface area contributed by atoms with Crippen LogP contribution in [-0.4, -0.2) is 52.2 Å². The monoisotopic (exact) mass is 429 g/mol. The molecule has 9 heteroatoms. The van der Waals surface area contributed by atoms with Gasteiger partial charge in [-0.2, -0.15) is 5.10 Å². The molecule has 0 aromatic heterocycles. The Bertz CT molecular complexity index is 876. The average molecular weight is 429 g/mol. The third-order valence-corrected chi connectivity index (χ3v) is 4.24. The van der Waals surface area contributed by atoms with Crippen molar-refractivity contribution in [3.63, 3.8) is 0 Å². The van der Waals surface area contributed by atoms with Gasteiger partial charge in [-0.1, -0.05) is 30.3 Å². The van der Waals surface area contributed by atoms with Gasteiger partial charge in [0.15, 0.2) is 11.5 Å². The second-order valence-corrected chi connectivity index (χ2v) is 6.30. The molecule has 2 N–H and O–H groups in total. The number of nitrogens with zero attached hydrogens (tertiary/aromatic N) is 1. The minimum absolute atomic E-state index is 0.199. The maximum absolute atomic E-state index is 12.7. The van der Waals surface area contributed by atoms with Crippen molar-refractivity contribution >= 4 is 18.2 Å². The summed E-state index contributed by atoms with van der Waals surface area (Å²) >= 11 is 0. The Hall–Kier alpha value is -3.75. The van der Waals surface area contributed by atoms with E-state index in [1.807, 2.05) is 30.3 Å². The topological polar surface area (TPSA) is 107 Å². The molecule has 0 radical (unpaired) electrons. The number of hydrogen-bond acceptors (Lipinski definition) is 7. The third-order valence-electron chi connectivity index (χ3n) is 4.24. The molecule has 0 spiro atoms. The molecule has 2 rings (SSSR count). The summed E-state index contributed by atoms with van der Waals surface area (Å²) in [6.07, 6.45) is 1.05. The van der Waals surface area contributed by atoms with Gasteiger partial charge in [0.25, 0.3) is 5.91 Å². The molecule has 0 aliphatic rings. The number of methoxy groups -OCH3 is 3. The van der Waals surface area contributed by atoms with Crippen molar-refractivity contribution in [1.82, 2.24) is 10.7 Å². The van der Waals surface area contributed by atoms with Crippen molar-refractivity contribution in [3.05, 3.63) is 53.6 Å². The minimum Gasteiger partial charge on any atom is -0.493 e. The number of hydrogen-bond donors (Lipinski definition) is 2. The second kappa shape index (κ2) is 12.1. The van der Waals surface area contributed by atoms with Gasteiger partial charge in [-0.05, 0) is 24.6 Å². The molecule has 0 fully saturated rings. The molecule has 2 aromatic carbocycles. The normalized spacial score (nSPS) is 11.5. The summed E-state index contributed by atoms with van der Waals surface area (Å²) in [5.41, 5.74) is 3.95. The largest absolute Gasteiger partial charge is 0.493 e. The number of rotatable bonds is 10. The van der Waals surface area contributed by atoms with Crippen LogP contribution in [0.15, 0.2) is 47.6 Å². The van der Waals surface area contributed by atoms with Crippen LogP contribution in [0, 0.1) is 0 Å². The van der Waals surface area contributed by atoms with E-state index in [2.05, 4.69) is 15.8 Å². The van der Waals surface area contributed by atoms with Gasteiger partial charge in [-0.25, -0.2) is 10.2 Å². The number of nitrogens with one attached hydrogen (secondary N) is 2. The molecule has 0 bridgehead atoms. The molecule has 0 saturated carbocycles. The Labute approximate surface area is 181 Å². The number of benzene rings is 2. The van der Waals surface area contributed by atoms with E-state index >= 15 is 0 Å². The quantitative estimate of drug-likeness (QED) is 0.444. The summed E-state index contributed by atoms with van der Waals surface area (Å²) < 4.78 is 20.8. The van der Waals surface area contributed by atoms with Gasteiger partial charge in [-0.15, -0.1) is 0 Å². The predicted octanol–water partition coefficient (Wildman–Crippen LogP) is 2.52. The van der Waals surface area contributed by atoms with Gasteiger partial charge in [0.05, 0.1) is 34.2 Å². The Morgan fingerprint density at radius 3 is 2.23 bits per heavy atom. The Balaban J connectivity index is 2.13. The Morgan fingerprint density at radius 2 is 1.68 bits per heavy atom. The molecule has 0 heterocycles. The lowest BCUT2D eigenvalue weighted by Gasteiger charge is -2.17. The first-order valence-electron chi connectivity index (χ1n) is 9.62. The standard InChI is InChI=1S/C22H27N3O6/c1-5-31-22(27)24-17(11-15-9-7-6-8-10-15)21(26)25-23-14-16-12-18(28-2)20(30-4)19(13-16)29-3/h6-10,12-14,17H,5,11H2,1-4H3,(H,24,27)(H,25,26)/b23-14-/t17-/m0/s1. The fourth-order valence-corrected chi connectivity index (χ4v) is 2.80. The molecule has 166 valence electrons.